The van der Waals surface area contributed by atoms with Crippen LogP contribution in [0.25, 0.3) is 0 Å². The van der Waals surface area contributed by atoms with E-state index in [9.17, 15) is 0 Å². The topological polar surface area (TPSA) is 50.7 Å². The Hall–Kier alpha value is -1.62. The maximum Gasteiger partial charge on any atom is 0.130 e. The molecule has 0 atom stereocenters. The van der Waals surface area contributed by atoms with E-state index in [4.69, 9.17) is 0 Å². The molecule has 2 rings (SSSR count). The number of hydrogen-bond donors (Lipinski definition) is 1. The van der Waals surface area contributed by atoms with Gasteiger partial charge in [-0.25, -0.2) is 15.0 Å². The Bertz CT molecular complexity index is 502. The van der Waals surface area contributed by atoms with E-state index in [1.807, 2.05) is 31.2 Å². The summed E-state index contributed by atoms with van der Waals surface area (Å²) in [6.07, 6.45) is 2.86. The first kappa shape index (κ1) is 12.8. The summed E-state index contributed by atoms with van der Waals surface area (Å²) in [6, 6.07) is 7.81. The van der Waals surface area contributed by atoms with Gasteiger partial charge in [-0.15, -0.1) is 0 Å². The molecule has 0 unspecified atom stereocenters. The summed E-state index contributed by atoms with van der Waals surface area (Å²) in [5.74, 6) is 1.65. The van der Waals surface area contributed by atoms with Crippen LogP contribution in [0.5, 0.6) is 0 Å². The maximum atomic E-state index is 4.41. The van der Waals surface area contributed by atoms with E-state index in [0.29, 0.717) is 0 Å². The van der Waals surface area contributed by atoms with Gasteiger partial charge in [0.05, 0.1) is 0 Å². The van der Waals surface area contributed by atoms with E-state index >= 15 is 0 Å². The molecule has 94 valence electrons. The van der Waals surface area contributed by atoms with Crippen LogP contribution in [0.4, 0.5) is 5.82 Å². The molecule has 0 radical (unpaired) electrons. The molecule has 0 aliphatic heterocycles. The van der Waals surface area contributed by atoms with E-state index in [1.165, 1.54) is 0 Å². The largest absolute Gasteiger partial charge is 0.370 e. The predicted molar refractivity (Wildman–Crippen MR) is 73.9 cm³/mol. The molecule has 0 saturated carbocycles. The lowest BCUT2D eigenvalue weighted by Crippen LogP contribution is -2.04. The minimum atomic E-state index is 0.773. The quantitative estimate of drug-likeness (QED) is 0.837. The Balaban J connectivity index is 2.15. The predicted octanol–water partition coefficient (Wildman–Crippen LogP) is 3.15. The summed E-state index contributed by atoms with van der Waals surface area (Å²) in [4.78, 5) is 13.0. The van der Waals surface area contributed by atoms with Crippen molar-refractivity contribution in [2.24, 2.45) is 0 Å². The summed E-state index contributed by atoms with van der Waals surface area (Å²) in [7, 11) is 0. The lowest BCUT2D eigenvalue weighted by Gasteiger charge is -2.07. The molecule has 0 aromatic carbocycles. The summed E-state index contributed by atoms with van der Waals surface area (Å²) < 4.78 is 0. The van der Waals surface area contributed by atoms with Gasteiger partial charge in [0.15, 0.2) is 0 Å². The number of anilines is 1. The van der Waals surface area contributed by atoms with Gasteiger partial charge in [-0.2, -0.15) is 0 Å². The van der Waals surface area contributed by atoms with E-state index in [0.717, 1.165) is 34.7 Å². The molecule has 4 nitrogen and oxygen atoms in total. The Morgan fingerprint density at radius 1 is 1.22 bits per heavy atom. The average Bonchev–Trinajstić information content (AvgIpc) is 2.37. The molecule has 2 aromatic heterocycles. The maximum absolute atomic E-state index is 4.41. The molecular weight excluding hydrogens is 244 g/mol. The fourth-order valence-corrected chi connectivity index (χ4v) is 2.27. The van der Waals surface area contributed by atoms with Gasteiger partial charge in [-0.05, 0) is 37.2 Å². The monoisotopic (exact) mass is 260 g/mol. The summed E-state index contributed by atoms with van der Waals surface area (Å²) in [5, 5.41) is 5.13. The number of pyridine rings is 1. The normalized spacial score (nSPS) is 10.3. The SMILES string of the molecule is CCCNc1cc(Sc2ccccn2)nc(C)n1. The van der Waals surface area contributed by atoms with Gasteiger partial charge in [0, 0.05) is 18.8 Å². The highest BCUT2D eigenvalue weighted by Gasteiger charge is 2.04. The molecular formula is C13H16N4S. The fourth-order valence-electron chi connectivity index (χ4n) is 1.45. The highest BCUT2D eigenvalue weighted by molar-refractivity contribution is 7.99. The first-order valence-corrected chi connectivity index (χ1v) is 6.78. The van der Waals surface area contributed by atoms with Crippen LogP contribution in [0.15, 0.2) is 40.5 Å². The van der Waals surface area contributed by atoms with Crippen molar-refractivity contribution in [1.29, 1.82) is 0 Å². The van der Waals surface area contributed by atoms with Gasteiger partial charge in [-0.1, -0.05) is 13.0 Å². The molecule has 0 aliphatic rings. The standard InChI is InChI=1S/C13H16N4S/c1-3-7-14-11-9-13(17-10(2)16-11)18-12-6-4-5-8-15-12/h4-6,8-9H,3,7H2,1-2H3,(H,14,16,17). The van der Waals surface area contributed by atoms with Crippen LogP contribution in [-0.2, 0) is 0 Å². The molecule has 0 fully saturated rings. The van der Waals surface area contributed by atoms with E-state index in [1.54, 1.807) is 18.0 Å². The van der Waals surface area contributed by atoms with Gasteiger partial charge in [0.25, 0.3) is 0 Å². The highest BCUT2D eigenvalue weighted by atomic mass is 32.2. The second-order valence-electron chi connectivity index (χ2n) is 3.84. The number of rotatable bonds is 5. The zero-order chi connectivity index (χ0) is 12.8. The van der Waals surface area contributed by atoms with Crippen LogP contribution >= 0.6 is 11.8 Å². The average molecular weight is 260 g/mol. The Labute approximate surface area is 111 Å². The molecule has 0 bridgehead atoms. The second-order valence-corrected chi connectivity index (χ2v) is 4.88. The molecule has 2 aromatic rings. The Morgan fingerprint density at radius 2 is 2.11 bits per heavy atom. The Morgan fingerprint density at radius 3 is 2.83 bits per heavy atom. The van der Waals surface area contributed by atoms with Crippen LogP contribution in [0, 0.1) is 6.92 Å². The number of aromatic nitrogens is 3. The van der Waals surface area contributed by atoms with Crippen LogP contribution in [0.1, 0.15) is 19.2 Å². The van der Waals surface area contributed by atoms with Crippen molar-refractivity contribution in [1.82, 2.24) is 15.0 Å². The third-order valence-corrected chi connectivity index (χ3v) is 3.09. The Kier molecular flexibility index (Phi) is 4.52. The minimum absolute atomic E-state index is 0.773. The third-order valence-electron chi connectivity index (χ3n) is 2.22. The summed E-state index contributed by atoms with van der Waals surface area (Å²) in [6.45, 7) is 4.95. The van der Waals surface area contributed by atoms with Gasteiger partial charge < -0.3 is 5.32 Å². The highest BCUT2D eigenvalue weighted by Crippen LogP contribution is 2.25. The fraction of sp³-hybridized carbons (Fsp3) is 0.308. The molecule has 0 amide bonds. The van der Waals surface area contributed by atoms with Crippen molar-refractivity contribution in [3.05, 3.63) is 36.3 Å². The third kappa shape index (κ3) is 3.70. The van der Waals surface area contributed by atoms with Crippen molar-refractivity contribution >= 4 is 17.6 Å². The first-order chi connectivity index (χ1) is 8.78. The molecule has 0 saturated heterocycles. The molecule has 2 heterocycles. The van der Waals surface area contributed by atoms with Gasteiger partial charge in [-0.3, -0.25) is 0 Å². The second kappa shape index (κ2) is 6.35. The van der Waals surface area contributed by atoms with Crippen LogP contribution in [0.3, 0.4) is 0 Å². The van der Waals surface area contributed by atoms with Crippen LogP contribution in [0.2, 0.25) is 0 Å². The zero-order valence-corrected chi connectivity index (χ0v) is 11.4. The number of nitrogens with one attached hydrogen (secondary N) is 1. The number of hydrogen-bond acceptors (Lipinski definition) is 5. The lowest BCUT2D eigenvalue weighted by molar-refractivity contribution is 0.926. The van der Waals surface area contributed by atoms with Crippen molar-refractivity contribution in [2.75, 3.05) is 11.9 Å². The smallest absolute Gasteiger partial charge is 0.130 e. The van der Waals surface area contributed by atoms with Crippen molar-refractivity contribution in [2.45, 2.75) is 30.3 Å². The van der Waals surface area contributed by atoms with Crippen molar-refractivity contribution in [3.8, 4) is 0 Å². The van der Waals surface area contributed by atoms with Crippen molar-refractivity contribution < 1.29 is 0 Å². The van der Waals surface area contributed by atoms with Gasteiger partial charge >= 0.3 is 0 Å². The van der Waals surface area contributed by atoms with Gasteiger partial charge in [0.2, 0.25) is 0 Å². The van der Waals surface area contributed by atoms with Gasteiger partial charge in [0.1, 0.15) is 21.7 Å². The molecule has 1 N–H and O–H groups in total. The van der Waals surface area contributed by atoms with E-state index in [-0.39, 0.29) is 0 Å². The van der Waals surface area contributed by atoms with Crippen LogP contribution < -0.4 is 5.32 Å². The summed E-state index contributed by atoms with van der Waals surface area (Å²) >= 11 is 1.55. The lowest BCUT2D eigenvalue weighted by atomic mass is 10.4. The first-order valence-electron chi connectivity index (χ1n) is 5.96. The number of aryl methyl sites for hydroxylation is 1. The molecule has 0 spiro atoms. The minimum Gasteiger partial charge on any atom is -0.370 e. The molecule has 0 aliphatic carbocycles. The van der Waals surface area contributed by atoms with Crippen molar-refractivity contribution in [3.63, 3.8) is 0 Å². The zero-order valence-electron chi connectivity index (χ0n) is 10.6. The summed E-state index contributed by atoms with van der Waals surface area (Å²) in [5.41, 5.74) is 0. The van der Waals surface area contributed by atoms with E-state index < -0.39 is 0 Å². The van der Waals surface area contributed by atoms with Crippen LogP contribution in [-0.4, -0.2) is 21.5 Å². The molecule has 18 heavy (non-hydrogen) atoms. The number of nitrogens with zero attached hydrogens (tertiary/aromatic N) is 3. The molecule has 5 heteroatoms. The van der Waals surface area contributed by atoms with E-state index in [2.05, 4.69) is 27.2 Å².